The summed E-state index contributed by atoms with van der Waals surface area (Å²) in [5.41, 5.74) is 3.46. The molecular formula is C26H36N3OP. The van der Waals surface area contributed by atoms with E-state index >= 15 is 0 Å². The standard InChI is InChI=1S/C26H36N3OP/c1-4-7-19-31(20-8-5-2,21-9-6-3)26(25(30)22-15-11-10-12-16-22)29-24-18-14-13-17-23(24)27-28-29/h10-18H,4-9,19-21H2,1-3H3. The lowest BCUT2D eigenvalue weighted by Gasteiger charge is -2.31. The Labute approximate surface area is 187 Å². The second-order valence-corrected chi connectivity index (χ2v) is 12.4. The minimum atomic E-state index is -1.74. The Balaban J connectivity index is 2.34. The third-order valence-electron chi connectivity index (χ3n) is 6.06. The normalized spacial score (nSPS) is 11.7. The first-order valence-electron chi connectivity index (χ1n) is 11.8. The van der Waals surface area contributed by atoms with Gasteiger partial charge in [0.15, 0.2) is 0 Å². The molecule has 0 aliphatic rings. The van der Waals surface area contributed by atoms with E-state index in [-0.39, 0.29) is 5.78 Å². The van der Waals surface area contributed by atoms with Gasteiger partial charge in [-0.05, 0) is 49.9 Å². The second-order valence-electron chi connectivity index (χ2n) is 8.39. The molecule has 0 radical (unpaired) electrons. The highest BCUT2D eigenvalue weighted by molar-refractivity contribution is 7.77. The van der Waals surface area contributed by atoms with Crippen molar-refractivity contribution in [1.29, 1.82) is 0 Å². The molecule has 0 unspecified atom stereocenters. The lowest BCUT2D eigenvalue weighted by atomic mass is 10.1. The van der Waals surface area contributed by atoms with Gasteiger partial charge in [-0.15, -0.1) is 5.10 Å². The van der Waals surface area contributed by atoms with Gasteiger partial charge in [-0.25, -0.2) is 4.68 Å². The van der Waals surface area contributed by atoms with Crippen LogP contribution in [-0.2, 0) is 0 Å². The van der Waals surface area contributed by atoms with Crippen LogP contribution in [0.15, 0.2) is 54.6 Å². The van der Waals surface area contributed by atoms with Gasteiger partial charge >= 0.3 is 0 Å². The van der Waals surface area contributed by atoms with Crippen molar-refractivity contribution in [2.75, 3.05) is 18.5 Å². The van der Waals surface area contributed by atoms with Crippen molar-refractivity contribution < 1.29 is 4.79 Å². The number of nitrogens with zero attached hydrogens (tertiary/aromatic N) is 3. The quantitative estimate of drug-likeness (QED) is 0.234. The summed E-state index contributed by atoms with van der Waals surface area (Å²) in [6.07, 6.45) is 10.2. The molecule has 0 amide bonds. The summed E-state index contributed by atoms with van der Waals surface area (Å²) in [7, 11) is 0. The van der Waals surface area contributed by atoms with Crippen LogP contribution in [0.3, 0.4) is 0 Å². The highest BCUT2D eigenvalue weighted by atomic mass is 31.2. The predicted octanol–water partition coefficient (Wildman–Crippen LogP) is 6.71. The maximum Gasteiger partial charge on any atom is 0.211 e. The Bertz CT molecular complexity index is 1010. The summed E-state index contributed by atoms with van der Waals surface area (Å²) in [4.78, 5) is 14.1. The molecule has 0 spiro atoms. The van der Waals surface area contributed by atoms with E-state index in [1.165, 1.54) is 0 Å². The van der Waals surface area contributed by atoms with Crippen molar-refractivity contribution in [3.8, 4) is 0 Å². The molecule has 0 N–H and O–H groups in total. The van der Waals surface area contributed by atoms with Crippen LogP contribution < -0.4 is 0 Å². The molecule has 0 atom stereocenters. The zero-order valence-electron chi connectivity index (χ0n) is 19.3. The van der Waals surface area contributed by atoms with Crippen LogP contribution in [0.1, 0.15) is 69.7 Å². The van der Waals surface area contributed by atoms with Gasteiger partial charge < -0.3 is 0 Å². The van der Waals surface area contributed by atoms with Crippen LogP contribution in [-0.4, -0.2) is 44.7 Å². The van der Waals surface area contributed by atoms with Gasteiger partial charge in [0.1, 0.15) is 10.9 Å². The van der Waals surface area contributed by atoms with E-state index in [1.54, 1.807) is 0 Å². The van der Waals surface area contributed by atoms with Gasteiger partial charge in [-0.1, -0.05) is 94.6 Å². The molecule has 5 heteroatoms. The third-order valence-corrected chi connectivity index (χ3v) is 10.9. The zero-order chi connectivity index (χ0) is 22.1. The number of hydrogen-bond donors (Lipinski definition) is 0. The van der Waals surface area contributed by atoms with Gasteiger partial charge in [0.2, 0.25) is 5.78 Å². The molecule has 31 heavy (non-hydrogen) atoms. The number of benzene rings is 2. The van der Waals surface area contributed by atoms with E-state index in [1.807, 2.05) is 59.3 Å². The first kappa shape index (κ1) is 23.5. The number of carbonyl (C=O) groups excluding carboxylic acids is 1. The maximum absolute atomic E-state index is 14.1. The van der Waals surface area contributed by atoms with E-state index in [4.69, 9.17) is 0 Å². The highest BCUT2D eigenvalue weighted by Crippen LogP contribution is 2.52. The van der Waals surface area contributed by atoms with Crippen LogP contribution in [0.4, 0.5) is 0 Å². The van der Waals surface area contributed by atoms with Crippen LogP contribution >= 0.6 is 6.89 Å². The Hall–Kier alpha value is -2.19. The van der Waals surface area contributed by atoms with Gasteiger partial charge in [0, 0.05) is 5.56 Å². The highest BCUT2D eigenvalue weighted by Gasteiger charge is 2.30. The van der Waals surface area contributed by atoms with E-state index in [0.29, 0.717) is 0 Å². The average molecular weight is 438 g/mol. The molecule has 2 aromatic carbocycles. The molecule has 1 aromatic heterocycles. The molecular weight excluding hydrogens is 401 g/mol. The third kappa shape index (κ3) is 5.36. The monoisotopic (exact) mass is 437 g/mol. The van der Waals surface area contributed by atoms with E-state index in [9.17, 15) is 4.79 Å². The fourth-order valence-corrected chi connectivity index (χ4v) is 9.47. The number of para-hydroxylation sites is 1. The molecule has 3 aromatic rings. The number of Topliss-reactive ketones (excluding diaryl/α,β-unsaturated/α-hetero) is 1. The Morgan fingerprint density at radius 2 is 1.35 bits per heavy atom. The summed E-state index contributed by atoms with van der Waals surface area (Å²) in [6.45, 7) is 5.00. The second kappa shape index (κ2) is 11.4. The number of fused-ring (bicyclic) bond motifs is 1. The maximum atomic E-state index is 14.1. The van der Waals surface area contributed by atoms with E-state index in [2.05, 4.69) is 31.1 Å². The largest absolute Gasteiger partial charge is 0.287 e. The topological polar surface area (TPSA) is 47.8 Å². The summed E-state index contributed by atoms with van der Waals surface area (Å²) in [5.74, 6) is 0.132. The minimum absolute atomic E-state index is 0.132. The predicted molar refractivity (Wildman–Crippen MR) is 135 cm³/mol. The van der Waals surface area contributed by atoms with Crippen LogP contribution in [0, 0.1) is 0 Å². The first-order valence-corrected chi connectivity index (χ1v) is 14.2. The molecule has 4 nitrogen and oxygen atoms in total. The number of rotatable bonds is 12. The van der Waals surface area contributed by atoms with Crippen molar-refractivity contribution >= 4 is 29.1 Å². The first-order chi connectivity index (χ1) is 15.2. The van der Waals surface area contributed by atoms with E-state index < -0.39 is 6.89 Å². The number of unbranched alkanes of at least 4 members (excludes halogenated alkanes) is 3. The Kier molecular flexibility index (Phi) is 8.66. The van der Waals surface area contributed by atoms with Gasteiger partial charge in [0.05, 0.1) is 5.52 Å². The molecule has 0 bridgehead atoms. The van der Waals surface area contributed by atoms with Crippen LogP contribution in [0.2, 0.25) is 0 Å². The molecule has 0 saturated carbocycles. The van der Waals surface area contributed by atoms with Crippen molar-refractivity contribution in [3.63, 3.8) is 0 Å². The summed E-state index contributed by atoms with van der Waals surface area (Å²) < 4.78 is 1.92. The fourth-order valence-electron chi connectivity index (χ4n) is 4.29. The molecule has 0 saturated heterocycles. The van der Waals surface area contributed by atoms with Crippen LogP contribution in [0.25, 0.3) is 11.0 Å². The zero-order valence-corrected chi connectivity index (χ0v) is 20.2. The SMILES string of the molecule is CCCCP(CCCC)(CCCC)=C(C(=O)c1ccccc1)n1nnc2ccccc21. The molecule has 1 heterocycles. The summed E-state index contributed by atoms with van der Waals surface area (Å²) in [5, 5.41) is 9.00. The molecule has 0 aliphatic heterocycles. The minimum Gasteiger partial charge on any atom is -0.287 e. The number of carbonyl (C=O) groups is 1. The van der Waals surface area contributed by atoms with Gasteiger partial charge in [0.25, 0.3) is 0 Å². The lowest BCUT2D eigenvalue weighted by molar-refractivity contribution is 0.106. The van der Waals surface area contributed by atoms with Crippen molar-refractivity contribution in [1.82, 2.24) is 15.0 Å². The summed E-state index contributed by atoms with van der Waals surface area (Å²) in [6, 6.07) is 17.8. The number of hydrogen-bond acceptors (Lipinski definition) is 3. The summed E-state index contributed by atoms with van der Waals surface area (Å²) >= 11 is 0. The Morgan fingerprint density at radius 1 is 0.806 bits per heavy atom. The lowest BCUT2D eigenvalue weighted by Crippen LogP contribution is -2.29. The molecule has 0 fully saturated rings. The average Bonchev–Trinajstić information content (AvgIpc) is 3.24. The van der Waals surface area contributed by atoms with Crippen molar-refractivity contribution in [2.45, 2.75) is 59.3 Å². The molecule has 166 valence electrons. The fraction of sp³-hybridized carbons (Fsp3) is 0.462. The van der Waals surface area contributed by atoms with Crippen molar-refractivity contribution in [2.24, 2.45) is 0 Å². The van der Waals surface area contributed by atoms with Gasteiger partial charge in [-0.3, -0.25) is 4.79 Å². The number of aromatic nitrogens is 3. The molecule has 3 rings (SSSR count). The Morgan fingerprint density at radius 3 is 1.94 bits per heavy atom. The van der Waals surface area contributed by atoms with Gasteiger partial charge in [-0.2, -0.15) is 0 Å². The van der Waals surface area contributed by atoms with E-state index in [0.717, 1.165) is 79.0 Å². The number of ketones is 1. The van der Waals surface area contributed by atoms with Crippen molar-refractivity contribution in [3.05, 3.63) is 60.2 Å². The molecule has 0 aliphatic carbocycles. The van der Waals surface area contributed by atoms with Crippen LogP contribution in [0.5, 0.6) is 0 Å². The smallest absolute Gasteiger partial charge is 0.211 e.